The molecular weight excluding hydrogens is 164 g/mol. The molecule has 0 radical (unpaired) electrons. The van der Waals surface area contributed by atoms with E-state index in [2.05, 4.69) is 13.8 Å². The van der Waals surface area contributed by atoms with E-state index in [-0.39, 0.29) is 0 Å². The van der Waals surface area contributed by atoms with Crippen LogP contribution >= 0.6 is 0 Å². The Morgan fingerprint density at radius 1 is 1.31 bits per heavy atom. The van der Waals surface area contributed by atoms with Gasteiger partial charge in [-0.1, -0.05) is 34.6 Å². The summed E-state index contributed by atoms with van der Waals surface area (Å²) in [5.41, 5.74) is -0.694. The van der Waals surface area contributed by atoms with Crippen molar-refractivity contribution in [2.24, 2.45) is 17.3 Å². The van der Waals surface area contributed by atoms with Crippen LogP contribution in [0.4, 0.5) is 0 Å². The minimum Gasteiger partial charge on any atom is -0.550 e. The van der Waals surface area contributed by atoms with E-state index in [0.717, 1.165) is 11.8 Å². The van der Waals surface area contributed by atoms with Crippen LogP contribution in [0.15, 0.2) is 0 Å². The zero-order chi connectivity index (χ0) is 10.6. The Balaban J connectivity index is 0.000000223. The summed E-state index contributed by atoms with van der Waals surface area (Å²) >= 11 is 0. The fourth-order valence-electron chi connectivity index (χ4n) is 0.763. The third-order valence-electron chi connectivity index (χ3n) is 2.18. The van der Waals surface area contributed by atoms with Crippen LogP contribution in [0.3, 0.4) is 0 Å². The first-order chi connectivity index (χ1) is 5.75. The van der Waals surface area contributed by atoms with Gasteiger partial charge in [-0.15, -0.1) is 0 Å². The second kappa shape index (κ2) is 4.64. The maximum Gasteiger partial charge on any atom is 0.0467 e. The van der Waals surface area contributed by atoms with Crippen molar-refractivity contribution < 1.29 is 9.90 Å². The number of hydrogen-bond donors (Lipinski definition) is 0. The number of carbonyl (C=O) groups is 1. The fourth-order valence-corrected chi connectivity index (χ4v) is 0.763. The average Bonchev–Trinajstić information content (AvgIpc) is 2.65. The standard InChI is InChI=1S/C6H12.C5H10O2/c1-5(2)6-3-4-6;1-5(2,3)4(6)7/h5-6H,3-4H2,1-2H3;1-3H3,(H,6,7)/p-1. The van der Waals surface area contributed by atoms with Crippen molar-refractivity contribution in [1.82, 2.24) is 0 Å². The molecule has 2 heteroatoms. The molecule has 78 valence electrons. The van der Waals surface area contributed by atoms with Crippen LogP contribution in [0.1, 0.15) is 47.5 Å². The molecule has 0 saturated heterocycles. The highest BCUT2D eigenvalue weighted by Gasteiger charge is 2.23. The molecule has 1 saturated carbocycles. The summed E-state index contributed by atoms with van der Waals surface area (Å²) < 4.78 is 0. The number of carboxylic acid groups (broad SMARTS) is 1. The fraction of sp³-hybridized carbons (Fsp3) is 0.909. The maximum absolute atomic E-state index is 9.91. The molecule has 1 fully saturated rings. The van der Waals surface area contributed by atoms with Crippen molar-refractivity contribution in [3.63, 3.8) is 0 Å². The normalized spacial score (nSPS) is 16.5. The van der Waals surface area contributed by atoms with Crippen molar-refractivity contribution in [1.29, 1.82) is 0 Å². The third-order valence-corrected chi connectivity index (χ3v) is 2.18. The molecule has 0 aromatic carbocycles. The Bertz CT molecular complexity index is 161. The monoisotopic (exact) mass is 185 g/mol. The van der Waals surface area contributed by atoms with Gasteiger partial charge in [-0.25, -0.2) is 0 Å². The van der Waals surface area contributed by atoms with Crippen LogP contribution < -0.4 is 5.11 Å². The molecule has 0 aromatic heterocycles. The quantitative estimate of drug-likeness (QED) is 0.625. The van der Waals surface area contributed by atoms with E-state index < -0.39 is 11.4 Å². The molecule has 0 spiro atoms. The van der Waals surface area contributed by atoms with Crippen LogP contribution in [0.2, 0.25) is 0 Å². The number of rotatable bonds is 1. The molecule has 0 bridgehead atoms. The topological polar surface area (TPSA) is 40.1 Å². The summed E-state index contributed by atoms with van der Waals surface area (Å²) in [5, 5.41) is 9.91. The van der Waals surface area contributed by atoms with Gasteiger partial charge < -0.3 is 9.90 Å². The van der Waals surface area contributed by atoms with Crippen molar-refractivity contribution in [3.05, 3.63) is 0 Å². The highest BCUT2D eigenvalue weighted by Crippen LogP contribution is 2.35. The van der Waals surface area contributed by atoms with E-state index in [4.69, 9.17) is 0 Å². The van der Waals surface area contributed by atoms with Crippen LogP contribution in [0, 0.1) is 17.3 Å². The Kier molecular flexibility index (Phi) is 4.45. The van der Waals surface area contributed by atoms with E-state index in [0.29, 0.717) is 0 Å². The van der Waals surface area contributed by atoms with E-state index in [1.165, 1.54) is 12.8 Å². The summed E-state index contributed by atoms with van der Waals surface area (Å²) in [7, 11) is 0. The molecular formula is C11H21O2-. The molecule has 1 rings (SSSR count). The summed E-state index contributed by atoms with van der Waals surface area (Å²) in [6, 6.07) is 0. The Morgan fingerprint density at radius 3 is 1.62 bits per heavy atom. The van der Waals surface area contributed by atoms with E-state index >= 15 is 0 Å². The zero-order valence-electron chi connectivity index (χ0n) is 9.39. The number of carbonyl (C=O) groups excluding carboxylic acids is 1. The van der Waals surface area contributed by atoms with Crippen LogP contribution in [-0.2, 0) is 4.79 Å². The van der Waals surface area contributed by atoms with Gasteiger partial charge in [0.15, 0.2) is 0 Å². The zero-order valence-corrected chi connectivity index (χ0v) is 9.39. The van der Waals surface area contributed by atoms with Gasteiger partial charge in [-0.2, -0.15) is 0 Å². The molecule has 0 aliphatic heterocycles. The molecule has 0 unspecified atom stereocenters. The van der Waals surface area contributed by atoms with Gasteiger partial charge in [0, 0.05) is 11.4 Å². The molecule has 0 amide bonds. The van der Waals surface area contributed by atoms with Gasteiger partial charge >= 0.3 is 0 Å². The summed E-state index contributed by atoms with van der Waals surface area (Å²) in [5.74, 6) is 1.06. The first-order valence-corrected chi connectivity index (χ1v) is 4.96. The third kappa shape index (κ3) is 6.62. The average molecular weight is 185 g/mol. The van der Waals surface area contributed by atoms with Crippen LogP contribution in [-0.4, -0.2) is 5.97 Å². The molecule has 1 aliphatic carbocycles. The highest BCUT2D eigenvalue weighted by atomic mass is 16.4. The maximum atomic E-state index is 9.91. The van der Waals surface area contributed by atoms with Crippen LogP contribution in [0.25, 0.3) is 0 Å². The van der Waals surface area contributed by atoms with Crippen molar-refractivity contribution in [3.8, 4) is 0 Å². The van der Waals surface area contributed by atoms with Gasteiger partial charge in [0.25, 0.3) is 0 Å². The first kappa shape index (κ1) is 12.5. The summed E-state index contributed by atoms with van der Waals surface area (Å²) in [6.45, 7) is 9.41. The predicted octanol–water partition coefficient (Wildman–Crippen LogP) is 1.83. The molecule has 1 aliphatic rings. The van der Waals surface area contributed by atoms with Gasteiger partial charge in [0.1, 0.15) is 0 Å². The highest BCUT2D eigenvalue weighted by molar-refractivity contribution is 5.70. The molecule has 0 aromatic rings. The largest absolute Gasteiger partial charge is 0.550 e. The minimum atomic E-state index is -1.01. The lowest BCUT2D eigenvalue weighted by molar-refractivity contribution is -0.316. The van der Waals surface area contributed by atoms with Crippen molar-refractivity contribution >= 4 is 5.97 Å². The summed E-state index contributed by atoms with van der Waals surface area (Å²) in [6.07, 6.45) is 3.00. The number of carboxylic acids is 1. The Labute approximate surface area is 81.3 Å². The number of hydrogen-bond acceptors (Lipinski definition) is 2. The predicted molar refractivity (Wildman–Crippen MR) is 52.0 cm³/mol. The lowest BCUT2D eigenvalue weighted by Gasteiger charge is -2.18. The minimum absolute atomic E-state index is 0.694. The second-order valence-corrected chi connectivity index (χ2v) is 5.12. The van der Waals surface area contributed by atoms with E-state index in [1.807, 2.05) is 0 Å². The smallest absolute Gasteiger partial charge is 0.0467 e. The van der Waals surface area contributed by atoms with Crippen molar-refractivity contribution in [2.75, 3.05) is 0 Å². The Morgan fingerprint density at radius 2 is 1.62 bits per heavy atom. The SMILES string of the molecule is CC(C)(C)C(=O)[O-].CC(C)C1CC1. The summed E-state index contributed by atoms with van der Waals surface area (Å²) in [4.78, 5) is 9.91. The molecule has 0 atom stereocenters. The number of aliphatic carboxylic acids is 1. The van der Waals surface area contributed by atoms with Crippen molar-refractivity contribution in [2.45, 2.75) is 47.5 Å². The molecule has 0 N–H and O–H groups in total. The Hall–Kier alpha value is -0.530. The molecule has 2 nitrogen and oxygen atoms in total. The van der Waals surface area contributed by atoms with E-state index in [1.54, 1.807) is 20.8 Å². The first-order valence-electron chi connectivity index (χ1n) is 4.96. The lowest BCUT2D eigenvalue weighted by Crippen LogP contribution is -2.35. The van der Waals surface area contributed by atoms with Gasteiger partial charge in [0.2, 0.25) is 0 Å². The van der Waals surface area contributed by atoms with Gasteiger partial charge in [0.05, 0.1) is 0 Å². The van der Waals surface area contributed by atoms with Crippen LogP contribution in [0.5, 0.6) is 0 Å². The van der Waals surface area contributed by atoms with Gasteiger partial charge in [-0.3, -0.25) is 0 Å². The van der Waals surface area contributed by atoms with E-state index in [9.17, 15) is 9.90 Å². The van der Waals surface area contributed by atoms with Gasteiger partial charge in [-0.05, 0) is 24.7 Å². The molecule has 0 heterocycles. The second-order valence-electron chi connectivity index (χ2n) is 5.12. The lowest BCUT2D eigenvalue weighted by atomic mass is 9.98. The molecule has 13 heavy (non-hydrogen) atoms.